The van der Waals surface area contributed by atoms with Crippen LogP contribution in [0.15, 0.2) is 0 Å². The molecular formula is C10H18FN. The molecule has 0 spiro atoms. The van der Waals surface area contributed by atoms with Gasteiger partial charge in [0.1, 0.15) is 5.67 Å². The predicted octanol–water partition coefficient (Wildman–Crippen LogP) is 2.27. The lowest BCUT2D eigenvalue weighted by Gasteiger charge is -2.18. The highest BCUT2D eigenvalue weighted by Crippen LogP contribution is 2.35. The van der Waals surface area contributed by atoms with E-state index in [1.54, 1.807) is 6.92 Å². The van der Waals surface area contributed by atoms with Gasteiger partial charge in [0.25, 0.3) is 0 Å². The number of alkyl halides is 1. The molecule has 0 aromatic carbocycles. The molecule has 1 nitrogen and oxygen atoms in total. The van der Waals surface area contributed by atoms with Crippen molar-refractivity contribution in [3.05, 3.63) is 0 Å². The molecule has 1 aliphatic carbocycles. The van der Waals surface area contributed by atoms with Gasteiger partial charge in [-0.1, -0.05) is 12.8 Å². The van der Waals surface area contributed by atoms with Gasteiger partial charge in [-0.3, -0.25) is 0 Å². The zero-order valence-electron chi connectivity index (χ0n) is 7.78. The van der Waals surface area contributed by atoms with E-state index < -0.39 is 5.67 Å². The van der Waals surface area contributed by atoms with Gasteiger partial charge in [0.2, 0.25) is 0 Å². The molecule has 1 saturated heterocycles. The first-order valence-electron chi connectivity index (χ1n) is 5.10. The Hall–Kier alpha value is -0.110. The number of halogens is 1. The Bertz CT molecular complexity index is 161. The van der Waals surface area contributed by atoms with Gasteiger partial charge >= 0.3 is 0 Å². The fourth-order valence-electron chi connectivity index (χ4n) is 2.64. The summed E-state index contributed by atoms with van der Waals surface area (Å²) < 4.78 is 13.5. The standard InChI is InChI=1S/C10H18FN/c1-10(11)6-9(12-7-10)8-4-2-3-5-8/h8-9,12H,2-7H2,1H3. The molecule has 70 valence electrons. The average Bonchev–Trinajstić information content (AvgIpc) is 2.55. The van der Waals surface area contributed by atoms with Crippen LogP contribution in [0.5, 0.6) is 0 Å². The van der Waals surface area contributed by atoms with E-state index in [2.05, 4.69) is 5.32 Å². The van der Waals surface area contributed by atoms with Crippen LogP contribution in [0.1, 0.15) is 39.0 Å². The molecule has 2 heteroatoms. The third-order valence-corrected chi connectivity index (χ3v) is 3.35. The van der Waals surface area contributed by atoms with Gasteiger partial charge in [0.05, 0.1) is 0 Å². The van der Waals surface area contributed by atoms with Crippen molar-refractivity contribution in [1.82, 2.24) is 5.32 Å². The maximum atomic E-state index is 13.5. The summed E-state index contributed by atoms with van der Waals surface area (Å²) in [6.07, 6.45) is 6.07. The number of hydrogen-bond donors (Lipinski definition) is 1. The van der Waals surface area contributed by atoms with E-state index in [-0.39, 0.29) is 0 Å². The molecule has 1 aliphatic heterocycles. The van der Waals surface area contributed by atoms with Gasteiger partial charge in [0.15, 0.2) is 0 Å². The number of nitrogens with one attached hydrogen (secondary N) is 1. The molecule has 0 aromatic rings. The van der Waals surface area contributed by atoms with Crippen LogP contribution < -0.4 is 5.32 Å². The summed E-state index contributed by atoms with van der Waals surface area (Å²) in [7, 11) is 0. The average molecular weight is 171 g/mol. The Morgan fingerprint density at radius 2 is 2.00 bits per heavy atom. The minimum Gasteiger partial charge on any atom is -0.310 e. The van der Waals surface area contributed by atoms with Crippen molar-refractivity contribution in [2.75, 3.05) is 6.54 Å². The molecule has 1 N–H and O–H groups in total. The van der Waals surface area contributed by atoms with E-state index in [9.17, 15) is 4.39 Å². The summed E-state index contributed by atoms with van der Waals surface area (Å²) in [5.74, 6) is 0.766. The smallest absolute Gasteiger partial charge is 0.122 e. The van der Waals surface area contributed by atoms with E-state index in [1.807, 2.05) is 0 Å². The molecule has 0 amide bonds. The predicted molar refractivity (Wildman–Crippen MR) is 47.9 cm³/mol. The van der Waals surface area contributed by atoms with Gasteiger partial charge in [-0.25, -0.2) is 4.39 Å². The molecule has 12 heavy (non-hydrogen) atoms. The maximum Gasteiger partial charge on any atom is 0.122 e. The second-order valence-corrected chi connectivity index (χ2v) is 4.65. The Labute approximate surface area is 73.7 Å². The van der Waals surface area contributed by atoms with E-state index >= 15 is 0 Å². The third kappa shape index (κ3) is 1.63. The summed E-state index contributed by atoms with van der Waals surface area (Å²) >= 11 is 0. The fourth-order valence-corrected chi connectivity index (χ4v) is 2.64. The van der Waals surface area contributed by atoms with Crippen LogP contribution in [0.3, 0.4) is 0 Å². The first kappa shape index (κ1) is 8.49. The van der Waals surface area contributed by atoms with Crippen LogP contribution in [-0.4, -0.2) is 18.3 Å². The zero-order valence-corrected chi connectivity index (χ0v) is 7.78. The van der Waals surface area contributed by atoms with E-state index in [0.29, 0.717) is 12.6 Å². The minimum atomic E-state index is -0.937. The summed E-state index contributed by atoms with van der Waals surface area (Å²) in [4.78, 5) is 0. The van der Waals surface area contributed by atoms with Crippen LogP contribution in [0.4, 0.5) is 4.39 Å². The van der Waals surface area contributed by atoms with Crippen LogP contribution in [0.2, 0.25) is 0 Å². The lowest BCUT2D eigenvalue weighted by Crippen LogP contribution is -2.28. The molecule has 2 rings (SSSR count). The second-order valence-electron chi connectivity index (χ2n) is 4.65. The monoisotopic (exact) mass is 171 g/mol. The molecule has 1 heterocycles. The quantitative estimate of drug-likeness (QED) is 0.638. The van der Waals surface area contributed by atoms with Gasteiger partial charge in [-0.2, -0.15) is 0 Å². The molecule has 2 aliphatic rings. The Kier molecular flexibility index (Phi) is 2.11. The summed E-state index contributed by atoms with van der Waals surface area (Å²) in [5.41, 5.74) is -0.937. The van der Waals surface area contributed by atoms with Crippen molar-refractivity contribution in [3.8, 4) is 0 Å². The molecule has 1 saturated carbocycles. The van der Waals surface area contributed by atoms with E-state index in [1.165, 1.54) is 25.7 Å². The number of hydrogen-bond acceptors (Lipinski definition) is 1. The fraction of sp³-hybridized carbons (Fsp3) is 1.00. The Morgan fingerprint density at radius 1 is 1.33 bits per heavy atom. The van der Waals surface area contributed by atoms with Crippen molar-refractivity contribution in [2.45, 2.75) is 50.7 Å². The highest BCUT2D eigenvalue weighted by molar-refractivity contribution is 4.95. The summed E-state index contributed by atoms with van der Waals surface area (Å²) in [5, 5.41) is 3.31. The highest BCUT2D eigenvalue weighted by atomic mass is 19.1. The van der Waals surface area contributed by atoms with Gasteiger partial charge < -0.3 is 5.32 Å². The number of rotatable bonds is 1. The minimum absolute atomic E-state index is 0.475. The van der Waals surface area contributed by atoms with Crippen LogP contribution >= 0.6 is 0 Å². The summed E-state index contributed by atoms with van der Waals surface area (Å²) in [6, 6.07) is 0.475. The molecule has 0 aromatic heterocycles. The Morgan fingerprint density at radius 3 is 2.50 bits per heavy atom. The third-order valence-electron chi connectivity index (χ3n) is 3.35. The SMILES string of the molecule is CC1(F)CNC(C2CCCC2)C1. The molecular weight excluding hydrogens is 153 g/mol. The lowest BCUT2D eigenvalue weighted by molar-refractivity contribution is 0.208. The molecule has 0 radical (unpaired) electrons. The zero-order chi connectivity index (χ0) is 8.60. The van der Waals surface area contributed by atoms with E-state index in [0.717, 1.165) is 12.3 Å². The molecule has 2 atom stereocenters. The highest BCUT2D eigenvalue weighted by Gasteiger charge is 2.38. The van der Waals surface area contributed by atoms with Gasteiger partial charge in [-0.05, 0) is 32.1 Å². The van der Waals surface area contributed by atoms with Crippen LogP contribution in [0.25, 0.3) is 0 Å². The molecule has 2 fully saturated rings. The van der Waals surface area contributed by atoms with Gasteiger partial charge in [0, 0.05) is 12.6 Å². The summed E-state index contributed by atoms with van der Waals surface area (Å²) in [6.45, 7) is 2.28. The van der Waals surface area contributed by atoms with Crippen molar-refractivity contribution in [1.29, 1.82) is 0 Å². The van der Waals surface area contributed by atoms with E-state index in [4.69, 9.17) is 0 Å². The topological polar surface area (TPSA) is 12.0 Å². The normalized spacial score (nSPS) is 44.0. The molecule has 0 bridgehead atoms. The van der Waals surface area contributed by atoms with Crippen LogP contribution in [0, 0.1) is 5.92 Å². The lowest BCUT2D eigenvalue weighted by atomic mass is 9.93. The Balaban J connectivity index is 1.90. The first-order valence-corrected chi connectivity index (χ1v) is 5.10. The largest absolute Gasteiger partial charge is 0.310 e. The van der Waals surface area contributed by atoms with Crippen molar-refractivity contribution in [2.24, 2.45) is 5.92 Å². The van der Waals surface area contributed by atoms with Crippen molar-refractivity contribution < 1.29 is 4.39 Å². The first-order chi connectivity index (χ1) is 5.67. The van der Waals surface area contributed by atoms with Crippen molar-refractivity contribution >= 4 is 0 Å². The van der Waals surface area contributed by atoms with Gasteiger partial charge in [-0.15, -0.1) is 0 Å². The second kappa shape index (κ2) is 2.99. The van der Waals surface area contributed by atoms with Crippen molar-refractivity contribution in [3.63, 3.8) is 0 Å². The van der Waals surface area contributed by atoms with Crippen LogP contribution in [-0.2, 0) is 0 Å². The molecule has 2 unspecified atom stereocenters. The maximum absolute atomic E-state index is 13.5.